The first-order chi connectivity index (χ1) is 9.29. The van der Waals surface area contributed by atoms with E-state index in [1.54, 1.807) is 4.68 Å². The first kappa shape index (κ1) is 11.9. The van der Waals surface area contributed by atoms with Gasteiger partial charge < -0.3 is 4.90 Å². The Labute approximate surface area is 111 Å². The number of anilines is 1. The van der Waals surface area contributed by atoms with Crippen LogP contribution in [0.15, 0.2) is 24.3 Å². The molecule has 0 radical (unpaired) electrons. The summed E-state index contributed by atoms with van der Waals surface area (Å²) in [6.07, 6.45) is 3.27. The van der Waals surface area contributed by atoms with Crippen molar-refractivity contribution in [2.75, 3.05) is 18.0 Å². The van der Waals surface area contributed by atoms with Gasteiger partial charge in [-0.1, -0.05) is 5.21 Å². The zero-order valence-corrected chi connectivity index (χ0v) is 10.9. The topological polar surface area (TPSA) is 51.0 Å². The van der Waals surface area contributed by atoms with Crippen molar-refractivity contribution >= 4 is 12.0 Å². The Morgan fingerprint density at radius 2 is 1.74 bits per heavy atom. The average molecular weight is 256 g/mol. The van der Waals surface area contributed by atoms with Crippen molar-refractivity contribution < 1.29 is 4.79 Å². The summed E-state index contributed by atoms with van der Waals surface area (Å²) in [5.74, 6) is 0. The molecule has 3 rings (SSSR count). The van der Waals surface area contributed by atoms with E-state index in [0.717, 1.165) is 30.8 Å². The van der Waals surface area contributed by atoms with Crippen molar-refractivity contribution in [3.05, 3.63) is 35.7 Å². The van der Waals surface area contributed by atoms with Crippen LogP contribution in [0.25, 0.3) is 5.69 Å². The van der Waals surface area contributed by atoms with Crippen molar-refractivity contribution in [2.24, 2.45) is 0 Å². The molecule has 1 aromatic carbocycles. The molecule has 0 unspecified atom stereocenters. The van der Waals surface area contributed by atoms with Gasteiger partial charge in [0.05, 0.1) is 11.4 Å². The molecule has 1 aliphatic rings. The van der Waals surface area contributed by atoms with E-state index in [2.05, 4.69) is 27.3 Å². The maximum Gasteiger partial charge on any atom is 0.172 e. The van der Waals surface area contributed by atoms with Crippen LogP contribution in [0.5, 0.6) is 0 Å². The predicted molar refractivity (Wildman–Crippen MR) is 72.9 cm³/mol. The number of hydrogen-bond acceptors (Lipinski definition) is 4. The summed E-state index contributed by atoms with van der Waals surface area (Å²) < 4.78 is 1.69. The van der Waals surface area contributed by atoms with E-state index in [1.807, 2.05) is 19.1 Å². The fourth-order valence-electron chi connectivity index (χ4n) is 2.47. The van der Waals surface area contributed by atoms with Crippen LogP contribution in [0.1, 0.15) is 29.0 Å². The number of carbonyl (C=O) groups excluding carboxylic acids is 1. The second-order valence-electron chi connectivity index (χ2n) is 4.80. The Morgan fingerprint density at radius 1 is 1.11 bits per heavy atom. The maximum atomic E-state index is 10.8. The van der Waals surface area contributed by atoms with Gasteiger partial charge in [0, 0.05) is 18.8 Å². The van der Waals surface area contributed by atoms with Crippen LogP contribution in [0.2, 0.25) is 0 Å². The molecule has 1 aromatic heterocycles. The van der Waals surface area contributed by atoms with Gasteiger partial charge in [-0.15, -0.1) is 5.10 Å². The zero-order valence-electron chi connectivity index (χ0n) is 10.9. The second-order valence-corrected chi connectivity index (χ2v) is 4.80. The molecule has 0 spiro atoms. The quantitative estimate of drug-likeness (QED) is 0.788. The van der Waals surface area contributed by atoms with Crippen LogP contribution in [-0.2, 0) is 0 Å². The number of nitrogens with zero attached hydrogens (tertiary/aromatic N) is 4. The van der Waals surface area contributed by atoms with Gasteiger partial charge in [0.2, 0.25) is 0 Å². The highest BCUT2D eigenvalue weighted by molar-refractivity contribution is 5.73. The van der Waals surface area contributed by atoms with Gasteiger partial charge >= 0.3 is 0 Å². The van der Waals surface area contributed by atoms with Gasteiger partial charge in [0.15, 0.2) is 6.29 Å². The van der Waals surface area contributed by atoms with Crippen LogP contribution >= 0.6 is 0 Å². The summed E-state index contributed by atoms with van der Waals surface area (Å²) in [4.78, 5) is 13.2. The van der Waals surface area contributed by atoms with Gasteiger partial charge in [0.25, 0.3) is 0 Å². The molecule has 0 atom stereocenters. The highest BCUT2D eigenvalue weighted by Crippen LogP contribution is 2.22. The van der Waals surface area contributed by atoms with Crippen LogP contribution in [0.3, 0.4) is 0 Å². The molecular weight excluding hydrogens is 240 g/mol. The summed E-state index contributed by atoms with van der Waals surface area (Å²) in [5, 5.41) is 7.85. The van der Waals surface area contributed by atoms with Crippen LogP contribution in [-0.4, -0.2) is 34.4 Å². The van der Waals surface area contributed by atoms with Gasteiger partial charge in [-0.25, -0.2) is 4.68 Å². The molecule has 1 saturated heterocycles. The maximum absolute atomic E-state index is 10.8. The second kappa shape index (κ2) is 4.84. The fourth-order valence-corrected chi connectivity index (χ4v) is 2.47. The largest absolute Gasteiger partial charge is 0.372 e. The smallest absolute Gasteiger partial charge is 0.172 e. The molecule has 0 aliphatic carbocycles. The first-order valence-electron chi connectivity index (χ1n) is 6.52. The normalized spacial score (nSPS) is 14.9. The molecule has 0 bridgehead atoms. The standard InChI is InChI=1S/C14H16N4O/c1-11-14(10-19)15-16-18(11)13-6-4-12(5-7-13)17-8-2-3-9-17/h4-7,10H,2-3,8-9H2,1H3. The Balaban J connectivity index is 1.89. The van der Waals surface area contributed by atoms with Crippen LogP contribution in [0, 0.1) is 6.92 Å². The number of hydrogen-bond donors (Lipinski definition) is 0. The summed E-state index contributed by atoms with van der Waals surface area (Å²) in [7, 11) is 0. The van der Waals surface area contributed by atoms with E-state index in [1.165, 1.54) is 18.5 Å². The summed E-state index contributed by atoms with van der Waals surface area (Å²) in [6.45, 7) is 4.12. The molecule has 0 N–H and O–H groups in total. The number of aldehydes is 1. The van der Waals surface area contributed by atoms with E-state index in [0.29, 0.717) is 5.69 Å². The lowest BCUT2D eigenvalue weighted by Gasteiger charge is -2.17. The molecule has 5 nitrogen and oxygen atoms in total. The first-order valence-corrected chi connectivity index (χ1v) is 6.52. The molecule has 0 saturated carbocycles. The third-order valence-corrected chi connectivity index (χ3v) is 3.61. The number of aromatic nitrogens is 3. The van der Waals surface area contributed by atoms with Crippen molar-refractivity contribution in [3.63, 3.8) is 0 Å². The average Bonchev–Trinajstić information content (AvgIpc) is 3.08. The number of carbonyl (C=O) groups is 1. The van der Waals surface area contributed by atoms with Gasteiger partial charge in [-0.3, -0.25) is 4.79 Å². The van der Waals surface area contributed by atoms with E-state index in [9.17, 15) is 4.79 Å². The molecule has 5 heteroatoms. The van der Waals surface area contributed by atoms with E-state index < -0.39 is 0 Å². The Hall–Kier alpha value is -2.17. The van der Waals surface area contributed by atoms with Crippen LogP contribution in [0.4, 0.5) is 5.69 Å². The Bertz CT molecular complexity index is 582. The molecule has 98 valence electrons. The molecule has 1 fully saturated rings. The fraction of sp³-hybridized carbons (Fsp3) is 0.357. The van der Waals surface area contributed by atoms with E-state index >= 15 is 0 Å². The van der Waals surface area contributed by atoms with Gasteiger partial charge in [0.1, 0.15) is 5.69 Å². The molecule has 19 heavy (non-hydrogen) atoms. The highest BCUT2D eigenvalue weighted by Gasteiger charge is 2.13. The monoisotopic (exact) mass is 256 g/mol. The van der Waals surface area contributed by atoms with E-state index in [-0.39, 0.29) is 0 Å². The minimum atomic E-state index is 0.392. The summed E-state index contributed by atoms with van der Waals surface area (Å²) >= 11 is 0. The van der Waals surface area contributed by atoms with Crippen molar-refractivity contribution in [1.82, 2.24) is 15.0 Å². The number of benzene rings is 1. The molecule has 2 aromatic rings. The van der Waals surface area contributed by atoms with Crippen molar-refractivity contribution in [3.8, 4) is 5.69 Å². The lowest BCUT2D eigenvalue weighted by Crippen LogP contribution is -2.17. The van der Waals surface area contributed by atoms with Crippen molar-refractivity contribution in [2.45, 2.75) is 19.8 Å². The lowest BCUT2D eigenvalue weighted by molar-refractivity contribution is 0.111. The SMILES string of the molecule is Cc1c(C=O)nnn1-c1ccc(N2CCCC2)cc1. The molecule has 2 heterocycles. The van der Waals surface area contributed by atoms with Gasteiger partial charge in [-0.05, 0) is 44.0 Å². The summed E-state index contributed by atoms with van der Waals surface area (Å²) in [6, 6.07) is 8.23. The number of rotatable bonds is 3. The van der Waals surface area contributed by atoms with Gasteiger partial charge in [-0.2, -0.15) is 0 Å². The lowest BCUT2D eigenvalue weighted by atomic mass is 10.2. The summed E-state index contributed by atoms with van der Waals surface area (Å²) in [5.41, 5.74) is 3.34. The molecule has 0 amide bonds. The molecule has 1 aliphatic heterocycles. The third kappa shape index (κ3) is 2.12. The van der Waals surface area contributed by atoms with E-state index in [4.69, 9.17) is 0 Å². The Kier molecular flexibility index (Phi) is 3.03. The highest BCUT2D eigenvalue weighted by atomic mass is 16.1. The van der Waals surface area contributed by atoms with Crippen LogP contribution < -0.4 is 4.90 Å². The molecular formula is C14H16N4O. The predicted octanol–water partition coefficient (Wildman–Crippen LogP) is 1.99. The minimum absolute atomic E-state index is 0.392. The third-order valence-electron chi connectivity index (χ3n) is 3.61. The zero-order chi connectivity index (χ0) is 13.2. The Morgan fingerprint density at radius 3 is 2.32 bits per heavy atom. The minimum Gasteiger partial charge on any atom is -0.372 e. The van der Waals surface area contributed by atoms with Crippen molar-refractivity contribution in [1.29, 1.82) is 0 Å².